The van der Waals surface area contributed by atoms with Crippen LogP contribution in [0, 0.1) is 6.92 Å². The van der Waals surface area contributed by atoms with Gasteiger partial charge in [0.05, 0.1) is 149 Å². The van der Waals surface area contributed by atoms with Gasteiger partial charge in [-0.15, -0.1) is 0 Å². The Hall–Kier alpha value is -2.23. The highest BCUT2D eigenvalue weighted by atomic mass is 32.1. The van der Waals surface area contributed by atoms with E-state index in [4.69, 9.17) is 52.5 Å². The number of thiazole rings is 1. The number of aliphatic hydroxyl groups excluding tert-OH is 2. The lowest BCUT2D eigenvalue weighted by Gasteiger charge is -2.34. The van der Waals surface area contributed by atoms with E-state index in [9.17, 15) is 5.11 Å². The van der Waals surface area contributed by atoms with Crippen LogP contribution in [0.15, 0.2) is 40.0 Å². The predicted molar refractivity (Wildman–Crippen MR) is 227 cm³/mol. The highest BCUT2D eigenvalue weighted by Gasteiger charge is 2.24. The van der Waals surface area contributed by atoms with E-state index in [1.807, 2.05) is 60.1 Å². The molecule has 1 aromatic carbocycles. The van der Waals surface area contributed by atoms with Gasteiger partial charge >= 0.3 is 5.13 Å². The number of aryl methyl sites for hydroxylation is 2. The summed E-state index contributed by atoms with van der Waals surface area (Å²) >= 11 is 1.51. The molecule has 0 saturated carbocycles. The first-order valence-electron chi connectivity index (χ1n) is 21.2. The van der Waals surface area contributed by atoms with Crippen molar-refractivity contribution < 1.29 is 62.1 Å². The number of aliphatic hydroxyl groups is 2. The summed E-state index contributed by atoms with van der Waals surface area (Å²) in [5, 5.41) is 32.0. The molecular formula is C42H75N4O12S+. The van der Waals surface area contributed by atoms with Crippen molar-refractivity contribution >= 4 is 27.8 Å². The first-order valence-corrected chi connectivity index (χ1v) is 22.0. The molecule has 1 aromatic heterocycles. The van der Waals surface area contributed by atoms with Gasteiger partial charge in [-0.3, -0.25) is 0 Å². The summed E-state index contributed by atoms with van der Waals surface area (Å²) in [7, 11) is 1.93. The van der Waals surface area contributed by atoms with Gasteiger partial charge in [0.15, 0.2) is 6.23 Å². The first-order chi connectivity index (χ1) is 28.7. The fraction of sp³-hybridized carbons (Fsp3) is 0.786. The Balaban J connectivity index is 1.94. The summed E-state index contributed by atoms with van der Waals surface area (Å²) in [6, 6.07) is 5.80. The van der Waals surface area contributed by atoms with Crippen molar-refractivity contribution in [1.82, 2.24) is 0 Å². The summed E-state index contributed by atoms with van der Waals surface area (Å²) in [6.45, 7) is 18.8. The molecular weight excluding hydrogens is 785 g/mol. The zero-order chi connectivity index (χ0) is 42.9. The van der Waals surface area contributed by atoms with Crippen LogP contribution in [0.4, 0.5) is 16.5 Å². The van der Waals surface area contributed by atoms with E-state index in [1.165, 1.54) is 11.3 Å². The predicted octanol–water partition coefficient (Wildman–Crippen LogP) is 5.32. The molecule has 1 heterocycles. The Morgan fingerprint density at radius 3 is 1.69 bits per heavy atom. The lowest BCUT2D eigenvalue weighted by molar-refractivity contribution is -0.654. The van der Waals surface area contributed by atoms with Crippen LogP contribution in [0.25, 0.3) is 0 Å². The van der Waals surface area contributed by atoms with E-state index in [2.05, 4.69) is 37.9 Å². The zero-order valence-electron chi connectivity index (χ0n) is 36.8. The molecule has 2 rings (SSSR count). The van der Waals surface area contributed by atoms with E-state index in [-0.39, 0.29) is 37.6 Å². The van der Waals surface area contributed by atoms with Gasteiger partial charge in [-0.25, -0.2) is 4.57 Å². The monoisotopic (exact) mass is 860 g/mol. The molecule has 0 fully saturated rings. The fourth-order valence-electron chi connectivity index (χ4n) is 5.16. The first kappa shape index (κ1) is 52.9. The van der Waals surface area contributed by atoms with Crippen molar-refractivity contribution in [3.63, 3.8) is 0 Å². The summed E-state index contributed by atoms with van der Waals surface area (Å²) in [6.07, 6.45) is 3.62. The van der Waals surface area contributed by atoms with E-state index < -0.39 is 6.23 Å². The smallest absolute Gasteiger partial charge is 0.394 e. The highest BCUT2D eigenvalue weighted by molar-refractivity contribution is 7.12. The lowest BCUT2D eigenvalue weighted by Crippen LogP contribution is -2.46. The molecule has 0 aliphatic rings. The molecule has 0 aliphatic heterocycles. The quantitative estimate of drug-likeness (QED) is 0.0385. The highest BCUT2D eigenvalue weighted by Crippen LogP contribution is 2.28. The SMILES string of the molecule is CCC(C)OCC(CC)OCCOCCOCCOCC(O)N(CC(COC(C)CC)OCCOCCOCCOCCO)c1ccc(N=Nc2scc[n+]2C)c(C)c1. The number of hydrogen-bond acceptors (Lipinski definition) is 16. The molecule has 0 spiro atoms. The molecule has 0 amide bonds. The molecule has 0 radical (unpaired) electrons. The zero-order valence-corrected chi connectivity index (χ0v) is 37.6. The summed E-state index contributed by atoms with van der Waals surface area (Å²) in [5.74, 6) is 0. The molecule has 0 aliphatic carbocycles. The normalized spacial score (nSPS) is 14.5. The maximum absolute atomic E-state index is 11.6. The molecule has 0 saturated heterocycles. The average molecular weight is 860 g/mol. The number of nitrogens with zero attached hydrogens (tertiary/aromatic N) is 4. The van der Waals surface area contributed by atoms with Gasteiger partial charge in [-0.2, -0.15) is 0 Å². The molecule has 16 nitrogen and oxygen atoms in total. The molecule has 5 unspecified atom stereocenters. The van der Waals surface area contributed by atoms with Crippen molar-refractivity contribution in [3.8, 4) is 0 Å². The molecule has 0 bridgehead atoms. The molecule has 2 aromatic rings. The largest absolute Gasteiger partial charge is 0.408 e. The van der Waals surface area contributed by atoms with Gasteiger partial charge in [0.2, 0.25) is 0 Å². The summed E-state index contributed by atoms with van der Waals surface area (Å²) in [5.41, 5.74) is 2.40. The Morgan fingerprint density at radius 2 is 1.19 bits per heavy atom. The Bertz CT molecular complexity index is 1330. The number of anilines is 1. The van der Waals surface area contributed by atoms with Crippen LogP contribution in [0.5, 0.6) is 0 Å². The van der Waals surface area contributed by atoms with Crippen LogP contribution in [-0.4, -0.2) is 160 Å². The average Bonchev–Trinajstić information content (AvgIpc) is 3.66. The van der Waals surface area contributed by atoms with Crippen LogP contribution in [0.2, 0.25) is 0 Å². The van der Waals surface area contributed by atoms with Crippen LogP contribution in [-0.2, 0) is 54.4 Å². The van der Waals surface area contributed by atoms with Crippen molar-refractivity contribution in [2.45, 2.75) is 91.4 Å². The number of azo groups is 1. The minimum atomic E-state index is -0.998. The fourth-order valence-corrected chi connectivity index (χ4v) is 5.84. The number of benzene rings is 1. The minimum Gasteiger partial charge on any atom is -0.394 e. The van der Waals surface area contributed by atoms with Gasteiger partial charge in [-0.1, -0.05) is 20.8 Å². The van der Waals surface area contributed by atoms with Crippen LogP contribution in [0.3, 0.4) is 0 Å². The number of ether oxygens (including phenoxy) is 10. The van der Waals surface area contributed by atoms with Crippen LogP contribution >= 0.6 is 11.3 Å². The molecule has 17 heteroatoms. The van der Waals surface area contributed by atoms with Crippen LogP contribution in [0.1, 0.15) is 59.4 Å². The molecule has 59 heavy (non-hydrogen) atoms. The topological polar surface area (TPSA) is 165 Å². The van der Waals surface area contributed by atoms with Crippen LogP contribution < -0.4 is 9.47 Å². The number of aromatic nitrogens is 1. The third-order valence-electron chi connectivity index (χ3n) is 9.17. The second kappa shape index (κ2) is 34.4. The second-order valence-electron chi connectivity index (χ2n) is 14.0. The maximum Gasteiger partial charge on any atom is 0.408 e. The van der Waals surface area contributed by atoms with Crippen molar-refractivity contribution in [1.29, 1.82) is 0 Å². The Morgan fingerprint density at radius 1 is 0.661 bits per heavy atom. The van der Waals surface area contributed by atoms with Crippen molar-refractivity contribution in [2.24, 2.45) is 17.3 Å². The second-order valence-corrected chi connectivity index (χ2v) is 14.8. The lowest BCUT2D eigenvalue weighted by atomic mass is 10.1. The van der Waals surface area contributed by atoms with E-state index in [1.54, 1.807) is 0 Å². The minimum absolute atomic E-state index is 0.00898. The Labute approximate surface area is 357 Å². The summed E-state index contributed by atoms with van der Waals surface area (Å²) in [4.78, 5) is 1.86. The third kappa shape index (κ3) is 24.7. The van der Waals surface area contributed by atoms with E-state index in [0.717, 1.165) is 41.3 Å². The van der Waals surface area contributed by atoms with Gasteiger partial charge < -0.3 is 62.5 Å². The number of hydrogen-bond donors (Lipinski definition) is 2. The Kier molecular flexibility index (Phi) is 30.8. The maximum atomic E-state index is 11.6. The summed E-state index contributed by atoms with van der Waals surface area (Å²) < 4.78 is 59.7. The van der Waals surface area contributed by atoms with E-state index >= 15 is 0 Å². The van der Waals surface area contributed by atoms with Gasteiger partial charge in [0, 0.05) is 17.6 Å². The van der Waals surface area contributed by atoms with Crippen molar-refractivity contribution in [2.75, 3.05) is 124 Å². The third-order valence-corrected chi connectivity index (χ3v) is 10.0. The van der Waals surface area contributed by atoms with Gasteiger partial charge in [0.25, 0.3) is 0 Å². The molecule has 2 N–H and O–H groups in total. The van der Waals surface area contributed by atoms with Crippen molar-refractivity contribution in [3.05, 3.63) is 35.3 Å². The molecule has 340 valence electrons. The van der Waals surface area contributed by atoms with Gasteiger partial charge in [0.1, 0.15) is 11.9 Å². The molecule has 5 atom stereocenters. The van der Waals surface area contributed by atoms with Gasteiger partial charge in [-0.05, 0) is 80.2 Å². The number of rotatable bonds is 39. The van der Waals surface area contributed by atoms with E-state index in [0.29, 0.717) is 106 Å². The standard InChI is InChI=1S/C42H75N4O12S/c1-8-35(5)57-31-38(10-3)55-26-24-52-21-19-51-22-23-54-33-41(48)46(37-11-12-40(34(4)29-37)43-44-42-45(7)13-28-59-42)30-39(32-58-36(6)9-2)56-27-25-53-20-18-50-17-16-49-15-14-47/h11-13,28-29,35-36,38-39,41,47-48H,8-10,14-27,30-33H2,1-7H3/q+1.